The predicted molar refractivity (Wildman–Crippen MR) is 65.3 cm³/mol. The molecular weight excluding hydrogens is 256 g/mol. The Kier molecular flexibility index (Phi) is 3.38. The minimum atomic E-state index is -0.397. The second-order valence-electron chi connectivity index (χ2n) is 3.50. The first-order valence-corrected chi connectivity index (χ1v) is 5.87. The summed E-state index contributed by atoms with van der Waals surface area (Å²) in [6.45, 7) is 3.31. The summed E-state index contributed by atoms with van der Waals surface area (Å²) in [5, 5.41) is 19.9. The van der Waals surface area contributed by atoms with Crippen molar-refractivity contribution in [3.63, 3.8) is 0 Å². The van der Waals surface area contributed by atoms with E-state index in [9.17, 15) is 4.79 Å². The summed E-state index contributed by atoms with van der Waals surface area (Å²) in [5.41, 5.74) is 1.08. The minimum absolute atomic E-state index is 0.191. The predicted octanol–water partition coefficient (Wildman–Crippen LogP) is 1.89. The van der Waals surface area contributed by atoms with Gasteiger partial charge in [-0.25, -0.2) is 4.98 Å². The van der Waals surface area contributed by atoms with Gasteiger partial charge in [0.05, 0.1) is 0 Å². The molecule has 0 saturated heterocycles. The summed E-state index contributed by atoms with van der Waals surface area (Å²) in [6.07, 6.45) is 0. The number of anilines is 1. The number of hydrogen-bond donors (Lipinski definition) is 2. The molecule has 0 aliphatic heterocycles. The van der Waals surface area contributed by atoms with Crippen molar-refractivity contribution in [2.24, 2.45) is 5.16 Å². The Balaban J connectivity index is 2.10. The molecule has 2 N–H and O–H groups in total. The van der Waals surface area contributed by atoms with Gasteiger partial charge in [0.25, 0.3) is 5.91 Å². The number of nitrogens with one attached hydrogen (secondary N) is 1. The Morgan fingerprint density at radius 2 is 2.33 bits per heavy atom. The fraction of sp³-hybridized carbons (Fsp3) is 0.200. The van der Waals surface area contributed by atoms with E-state index >= 15 is 0 Å². The lowest BCUT2D eigenvalue weighted by Crippen LogP contribution is -2.12. The number of rotatable bonds is 3. The molecule has 0 saturated carbocycles. The molecule has 2 aromatic heterocycles. The van der Waals surface area contributed by atoms with E-state index in [2.05, 4.69) is 20.6 Å². The van der Waals surface area contributed by atoms with Gasteiger partial charge in [-0.1, -0.05) is 10.3 Å². The van der Waals surface area contributed by atoms with E-state index in [1.807, 2.05) is 0 Å². The molecule has 0 bridgehead atoms. The molecule has 8 heteroatoms. The second-order valence-corrected chi connectivity index (χ2v) is 4.36. The molecule has 0 unspecified atom stereocenters. The molecule has 0 radical (unpaired) electrons. The van der Waals surface area contributed by atoms with Gasteiger partial charge in [-0.05, 0) is 13.8 Å². The second kappa shape index (κ2) is 4.96. The maximum Gasteiger partial charge on any atom is 0.279 e. The molecule has 0 fully saturated rings. The number of aromatic nitrogens is 2. The van der Waals surface area contributed by atoms with Crippen molar-refractivity contribution >= 4 is 28.1 Å². The summed E-state index contributed by atoms with van der Waals surface area (Å²) in [7, 11) is 0. The Hall–Kier alpha value is -2.22. The fourth-order valence-corrected chi connectivity index (χ4v) is 1.93. The van der Waals surface area contributed by atoms with Gasteiger partial charge in [0.1, 0.15) is 17.2 Å². The summed E-state index contributed by atoms with van der Waals surface area (Å²) < 4.78 is 4.80. The molecule has 94 valence electrons. The standard InChI is InChI=1S/C10H10N4O3S/c1-5-3-7(14-17-5)9(15)12-10-11-8(4-18-10)6(2)13-16/h3-4,16H,1-2H3,(H,11,12,15). The number of hydrogen-bond acceptors (Lipinski definition) is 7. The number of oxime groups is 1. The lowest BCUT2D eigenvalue weighted by atomic mass is 10.3. The van der Waals surface area contributed by atoms with Crippen molar-refractivity contribution in [3.05, 3.63) is 28.6 Å². The number of nitrogens with zero attached hydrogens (tertiary/aromatic N) is 3. The highest BCUT2D eigenvalue weighted by Crippen LogP contribution is 2.17. The highest BCUT2D eigenvalue weighted by atomic mass is 32.1. The van der Waals surface area contributed by atoms with Gasteiger partial charge < -0.3 is 9.73 Å². The van der Waals surface area contributed by atoms with E-state index in [0.29, 0.717) is 22.3 Å². The van der Waals surface area contributed by atoms with Crippen LogP contribution in [0.2, 0.25) is 0 Å². The van der Waals surface area contributed by atoms with E-state index in [4.69, 9.17) is 9.73 Å². The molecule has 2 aromatic rings. The molecular formula is C10H10N4O3S. The Labute approximate surface area is 106 Å². The maximum atomic E-state index is 11.7. The topological polar surface area (TPSA) is 101 Å². The zero-order valence-electron chi connectivity index (χ0n) is 9.67. The summed E-state index contributed by atoms with van der Waals surface area (Å²) in [6, 6.07) is 1.53. The van der Waals surface area contributed by atoms with Crippen molar-refractivity contribution in [2.45, 2.75) is 13.8 Å². The van der Waals surface area contributed by atoms with Crippen LogP contribution in [0.1, 0.15) is 28.9 Å². The van der Waals surface area contributed by atoms with E-state index in [1.54, 1.807) is 19.2 Å². The molecule has 0 aromatic carbocycles. The number of carbonyl (C=O) groups excluding carboxylic acids is 1. The van der Waals surface area contributed by atoms with E-state index < -0.39 is 5.91 Å². The zero-order valence-corrected chi connectivity index (χ0v) is 10.5. The third-order valence-corrected chi connectivity index (χ3v) is 2.86. The van der Waals surface area contributed by atoms with Crippen LogP contribution in [0.25, 0.3) is 0 Å². The van der Waals surface area contributed by atoms with Crippen LogP contribution in [0.15, 0.2) is 21.1 Å². The molecule has 2 rings (SSSR count). The van der Waals surface area contributed by atoms with Crippen LogP contribution in [-0.2, 0) is 0 Å². The van der Waals surface area contributed by atoms with Crippen molar-refractivity contribution in [1.29, 1.82) is 0 Å². The largest absolute Gasteiger partial charge is 0.411 e. The molecule has 18 heavy (non-hydrogen) atoms. The van der Waals surface area contributed by atoms with Crippen LogP contribution >= 0.6 is 11.3 Å². The maximum absolute atomic E-state index is 11.7. The first-order chi connectivity index (χ1) is 8.60. The first kappa shape index (κ1) is 12.2. The Bertz CT molecular complexity index is 602. The van der Waals surface area contributed by atoms with Gasteiger partial charge in [-0.15, -0.1) is 11.3 Å². The number of carbonyl (C=O) groups is 1. The van der Waals surface area contributed by atoms with E-state index in [1.165, 1.54) is 17.4 Å². The monoisotopic (exact) mass is 266 g/mol. The molecule has 0 aliphatic carbocycles. The lowest BCUT2D eigenvalue weighted by molar-refractivity contribution is 0.101. The number of thiazole rings is 1. The van der Waals surface area contributed by atoms with E-state index in [0.717, 1.165) is 0 Å². The van der Waals surface area contributed by atoms with Crippen molar-refractivity contribution in [1.82, 2.24) is 10.1 Å². The molecule has 7 nitrogen and oxygen atoms in total. The van der Waals surface area contributed by atoms with Crippen molar-refractivity contribution in [3.8, 4) is 0 Å². The van der Waals surface area contributed by atoms with Crippen LogP contribution in [0.3, 0.4) is 0 Å². The zero-order chi connectivity index (χ0) is 13.1. The Morgan fingerprint density at radius 1 is 1.56 bits per heavy atom. The van der Waals surface area contributed by atoms with Crippen molar-refractivity contribution in [2.75, 3.05) is 5.32 Å². The lowest BCUT2D eigenvalue weighted by Gasteiger charge is -1.96. The van der Waals surface area contributed by atoms with Crippen LogP contribution < -0.4 is 5.32 Å². The van der Waals surface area contributed by atoms with E-state index in [-0.39, 0.29) is 5.69 Å². The Morgan fingerprint density at radius 3 is 2.94 bits per heavy atom. The number of aryl methyl sites for hydroxylation is 1. The summed E-state index contributed by atoms with van der Waals surface area (Å²) in [4.78, 5) is 15.8. The molecule has 2 heterocycles. The molecule has 0 spiro atoms. The SMILES string of the molecule is CC(=NO)c1csc(NC(=O)c2cc(C)on2)n1. The van der Waals surface area contributed by atoms with Crippen LogP contribution in [0, 0.1) is 6.92 Å². The molecule has 1 amide bonds. The minimum Gasteiger partial charge on any atom is -0.411 e. The van der Waals surface area contributed by atoms with Gasteiger partial charge in [0.15, 0.2) is 10.8 Å². The first-order valence-electron chi connectivity index (χ1n) is 4.99. The van der Waals surface area contributed by atoms with Gasteiger partial charge in [-0.2, -0.15) is 0 Å². The quantitative estimate of drug-likeness (QED) is 0.502. The van der Waals surface area contributed by atoms with Gasteiger partial charge >= 0.3 is 0 Å². The molecule has 0 aliphatic rings. The summed E-state index contributed by atoms with van der Waals surface area (Å²) in [5.74, 6) is 0.162. The van der Waals surface area contributed by atoms with Crippen LogP contribution in [0.5, 0.6) is 0 Å². The highest BCUT2D eigenvalue weighted by molar-refractivity contribution is 7.14. The fourth-order valence-electron chi connectivity index (χ4n) is 1.18. The third kappa shape index (κ3) is 2.54. The highest BCUT2D eigenvalue weighted by Gasteiger charge is 2.13. The van der Waals surface area contributed by atoms with Gasteiger partial charge in [0.2, 0.25) is 0 Å². The average molecular weight is 266 g/mol. The molecule has 0 atom stereocenters. The van der Waals surface area contributed by atoms with Crippen LogP contribution in [0.4, 0.5) is 5.13 Å². The smallest absolute Gasteiger partial charge is 0.279 e. The third-order valence-electron chi connectivity index (χ3n) is 2.11. The normalized spacial score (nSPS) is 11.6. The van der Waals surface area contributed by atoms with Gasteiger partial charge in [-0.3, -0.25) is 10.1 Å². The van der Waals surface area contributed by atoms with Gasteiger partial charge in [0, 0.05) is 11.4 Å². The average Bonchev–Trinajstić information content (AvgIpc) is 2.97. The van der Waals surface area contributed by atoms with Crippen LogP contribution in [-0.4, -0.2) is 27.0 Å². The number of amides is 1. The van der Waals surface area contributed by atoms with Crippen molar-refractivity contribution < 1.29 is 14.5 Å². The summed E-state index contributed by atoms with van der Waals surface area (Å²) >= 11 is 1.23.